The molecule has 0 amide bonds. The number of carbonyl (C=O) groups is 1. The molecule has 2 unspecified atom stereocenters. The van der Waals surface area contributed by atoms with Gasteiger partial charge in [0.05, 0.1) is 13.0 Å². The van der Waals surface area contributed by atoms with E-state index in [1.54, 1.807) is 36.4 Å². The van der Waals surface area contributed by atoms with Crippen molar-refractivity contribution in [3.05, 3.63) is 59.9 Å². The van der Waals surface area contributed by atoms with Crippen LogP contribution in [0.5, 0.6) is 0 Å². The Morgan fingerprint density at radius 1 is 1.39 bits per heavy atom. The maximum Gasteiger partial charge on any atom is 0.174 e. The van der Waals surface area contributed by atoms with Crippen LogP contribution in [0.15, 0.2) is 54.3 Å². The van der Waals surface area contributed by atoms with Crippen molar-refractivity contribution in [1.29, 1.82) is 0 Å². The lowest BCUT2D eigenvalue weighted by Crippen LogP contribution is -2.36. The van der Waals surface area contributed by atoms with E-state index in [1.165, 1.54) is 13.2 Å². The molecule has 0 saturated heterocycles. The minimum absolute atomic E-state index is 0.226. The van der Waals surface area contributed by atoms with Crippen molar-refractivity contribution >= 4 is 17.4 Å². The molecule has 4 heteroatoms. The molecule has 0 radical (unpaired) electrons. The van der Waals surface area contributed by atoms with Crippen molar-refractivity contribution < 1.29 is 14.6 Å². The summed E-state index contributed by atoms with van der Waals surface area (Å²) in [4.78, 5) is 12.2. The number of methoxy groups -OCH3 is 1. The van der Waals surface area contributed by atoms with Crippen molar-refractivity contribution in [3.8, 4) is 0 Å². The summed E-state index contributed by atoms with van der Waals surface area (Å²) < 4.78 is 4.98. The summed E-state index contributed by atoms with van der Waals surface area (Å²) in [6.45, 7) is 0. The van der Waals surface area contributed by atoms with Gasteiger partial charge in [0, 0.05) is 11.6 Å². The Morgan fingerprint density at radius 3 is 2.61 bits per heavy atom. The Labute approximate surface area is 110 Å². The number of benzene rings is 1. The summed E-state index contributed by atoms with van der Waals surface area (Å²) in [6.07, 6.45) is 4.52. The van der Waals surface area contributed by atoms with Crippen LogP contribution in [0.4, 0.5) is 0 Å². The van der Waals surface area contributed by atoms with E-state index in [9.17, 15) is 9.90 Å². The number of ether oxygens (including phenoxy) is 1. The first-order chi connectivity index (χ1) is 8.54. The number of hydrogen-bond acceptors (Lipinski definition) is 3. The molecule has 0 aromatic heterocycles. The minimum Gasteiger partial charge on any atom is -0.497 e. The van der Waals surface area contributed by atoms with E-state index in [0.717, 1.165) is 0 Å². The first kappa shape index (κ1) is 12.9. The molecule has 2 atom stereocenters. The van der Waals surface area contributed by atoms with E-state index in [2.05, 4.69) is 0 Å². The quantitative estimate of drug-likeness (QED) is 0.674. The molecule has 18 heavy (non-hydrogen) atoms. The lowest BCUT2D eigenvalue weighted by Gasteiger charge is -2.27. The molecule has 0 aliphatic heterocycles. The largest absolute Gasteiger partial charge is 0.497 e. The fourth-order valence-electron chi connectivity index (χ4n) is 1.84. The van der Waals surface area contributed by atoms with Crippen molar-refractivity contribution in [2.45, 2.75) is 5.06 Å². The molecule has 0 heterocycles. The third-order valence-electron chi connectivity index (χ3n) is 2.81. The highest BCUT2D eigenvalue weighted by molar-refractivity contribution is 6.26. The number of Topliss-reactive ketones (excluding diaryl/α,β-unsaturated/α-hetero) is 1. The Bertz CT molecular complexity index is 503. The van der Waals surface area contributed by atoms with Gasteiger partial charge in [-0.1, -0.05) is 48.0 Å². The molecule has 1 aromatic rings. The zero-order valence-electron chi connectivity index (χ0n) is 9.84. The molecule has 1 N–H and O–H groups in total. The number of allylic oxidation sites excluding steroid dienone is 1. The van der Waals surface area contributed by atoms with Gasteiger partial charge < -0.3 is 9.84 Å². The van der Waals surface area contributed by atoms with E-state index in [0.29, 0.717) is 11.3 Å². The summed E-state index contributed by atoms with van der Waals surface area (Å²) in [5.74, 6) is -0.610. The number of aliphatic hydroxyl groups is 1. The third kappa shape index (κ3) is 2.47. The highest BCUT2D eigenvalue weighted by Gasteiger charge is 2.39. The summed E-state index contributed by atoms with van der Waals surface area (Å²) in [5, 5.41) is 8.35. The molecule has 0 spiro atoms. The Kier molecular flexibility index (Phi) is 3.55. The van der Waals surface area contributed by atoms with E-state index in [1.807, 2.05) is 6.07 Å². The highest BCUT2D eigenvalue weighted by Crippen LogP contribution is 2.33. The van der Waals surface area contributed by atoms with Gasteiger partial charge in [0.1, 0.15) is 5.76 Å². The van der Waals surface area contributed by atoms with Gasteiger partial charge in [-0.2, -0.15) is 0 Å². The van der Waals surface area contributed by atoms with Gasteiger partial charge in [-0.25, -0.2) is 0 Å². The monoisotopic (exact) mass is 264 g/mol. The minimum atomic E-state index is -1.76. The molecular formula is C14H13ClO3. The third-order valence-corrected chi connectivity index (χ3v) is 3.15. The van der Waals surface area contributed by atoms with Crippen molar-refractivity contribution in [2.75, 3.05) is 7.11 Å². The fraction of sp³-hybridized carbons (Fsp3) is 0.214. The average Bonchev–Trinajstić information content (AvgIpc) is 2.38. The normalized spacial score (nSPS) is 26.6. The average molecular weight is 265 g/mol. The zero-order chi connectivity index (χ0) is 13.2. The van der Waals surface area contributed by atoms with E-state index in [4.69, 9.17) is 16.3 Å². The number of ketones is 1. The molecule has 2 rings (SSSR count). The topological polar surface area (TPSA) is 46.5 Å². The summed E-state index contributed by atoms with van der Waals surface area (Å²) in [7, 11) is 1.47. The SMILES string of the molecule is COC1=CC(O)(Cl)C(C(=O)c2ccccc2)C=C1. The maximum absolute atomic E-state index is 12.2. The molecule has 94 valence electrons. The molecule has 1 aromatic carbocycles. The predicted molar refractivity (Wildman–Crippen MR) is 69.3 cm³/mol. The molecule has 0 saturated carbocycles. The number of alkyl halides is 1. The lowest BCUT2D eigenvalue weighted by atomic mass is 9.88. The molecule has 0 bridgehead atoms. The summed E-state index contributed by atoms with van der Waals surface area (Å²) in [6, 6.07) is 8.74. The van der Waals surface area contributed by atoms with Gasteiger partial charge in [-0.3, -0.25) is 4.79 Å². The first-order valence-corrected chi connectivity index (χ1v) is 5.88. The first-order valence-electron chi connectivity index (χ1n) is 5.50. The van der Waals surface area contributed by atoms with Crippen LogP contribution in [0.1, 0.15) is 10.4 Å². The van der Waals surface area contributed by atoms with Crippen LogP contribution in [0.3, 0.4) is 0 Å². The summed E-state index contributed by atoms with van der Waals surface area (Å²) >= 11 is 5.98. The molecule has 3 nitrogen and oxygen atoms in total. The van der Waals surface area contributed by atoms with Gasteiger partial charge in [0.25, 0.3) is 0 Å². The van der Waals surface area contributed by atoms with Crippen molar-refractivity contribution in [1.82, 2.24) is 0 Å². The van der Waals surface area contributed by atoms with Crippen LogP contribution in [-0.2, 0) is 4.74 Å². The smallest absolute Gasteiger partial charge is 0.174 e. The maximum atomic E-state index is 12.2. The number of hydrogen-bond donors (Lipinski definition) is 1. The van der Waals surface area contributed by atoms with Crippen LogP contribution in [0, 0.1) is 5.92 Å². The second-order valence-electron chi connectivity index (χ2n) is 4.05. The molecular weight excluding hydrogens is 252 g/mol. The second-order valence-corrected chi connectivity index (χ2v) is 4.65. The summed E-state index contributed by atoms with van der Waals surface area (Å²) in [5.41, 5.74) is 0.514. The number of halogens is 1. The highest BCUT2D eigenvalue weighted by atomic mass is 35.5. The second kappa shape index (κ2) is 4.96. The van der Waals surface area contributed by atoms with Crippen LogP contribution in [0.25, 0.3) is 0 Å². The van der Waals surface area contributed by atoms with Crippen LogP contribution in [-0.4, -0.2) is 23.1 Å². The van der Waals surface area contributed by atoms with Gasteiger partial charge in [-0.15, -0.1) is 0 Å². The molecule has 1 aliphatic carbocycles. The van der Waals surface area contributed by atoms with E-state index in [-0.39, 0.29) is 5.78 Å². The van der Waals surface area contributed by atoms with E-state index < -0.39 is 11.0 Å². The van der Waals surface area contributed by atoms with Gasteiger partial charge in [0.15, 0.2) is 10.8 Å². The number of carbonyl (C=O) groups excluding carboxylic acids is 1. The number of rotatable bonds is 3. The van der Waals surface area contributed by atoms with E-state index >= 15 is 0 Å². The predicted octanol–water partition coefficient (Wildman–Crippen LogP) is 2.51. The Morgan fingerprint density at radius 2 is 2.06 bits per heavy atom. The van der Waals surface area contributed by atoms with Gasteiger partial charge in [-0.05, 0) is 6.08 Å². The lowest BCUT2D eigenvalue weighted by molar-refractivity contribution is 0.0749. The van der Waals surface area contributed by atoms with Crippen LogP contribution < -0.4 is 0 Å². The fourth-order valence-corrected chi connectivity index (χ4v) is 2.12. The van der Waals surface area contributed by atoms with Crippen molar-refractivity contribution in [2.24, 2.45) is 5.92 Å². The Balaban J connectivity index is 2.28. The van der Waals surface area contributed by atoms with Crippen LogP contribution >= 0.6 is 11.6 Å². The molecule has 1 aliphatic rings. The zero-order valence-corrected chi connectivity index (χ0v) is 10.6. The van der Waals surface area contributed by atoms with Gasteiger partial charge in [0.2, 0.25) is 0 Å². The van der Waals surface area contributed by atoms with Crippen molar-refractivity contribution in [3.63, 3.8) is 0 Å². The van der Waals surface area contributed by atoms with Crippen LogP contribution in [0.2, 0.25) is 0 Å². The van der Waals surface area contributed by atoms with Gasteiger partial charge >= 0.3 is 0 Å². The standard InChI is InChI=1S/C14H13ClO3/c1-18-11-7-8-12(14(15,17)9-11)13(16)10-5-3-2-4-6-10/h2-9,12,17H,1H3. The molecule has 0 fully saturated rings. The Hall–Kier alpha value is -1.58.